The van der Waals surface area contributed by atoms with Gasteiger partial charge in [-0.25, -0.2) is 0 Å². The third-order valence-corrected chi connectivity index (χ3v) is 12.9. The molecule has 0 fully saturated rings. The van der Waals surface area contributed by atoms with Crippen LogP contribution in [0.3, 0.4) is 0 Å². The number of fused-ring (bicyclic) bond motifs is 4. The number of nitrogens with zero attached hydrogens (tertiary/aromatic N) is 3. The van der Waals surface area contributed by atoms with Gasteiger partial charge < -0.3 is 14.0 Å². The molecular weight excluding hydrogens is 963 g/mol. The van der Waals surface area contributed by atoms with Crippen LogP contribution in [0.4, 0.5) is 0 Å². The summed E-state index contributed by atoms with van der Waals surface area (Å²) < 4.78 is 48.7. The Balaban J connectivity index is 0.000000197. The predicted octanol–water partition coefficient (Wildman–Crippen LogP) is 14.7. The number of hydrogen-bond acceptors (Lipinski definition) is 3. The zero-order valence-corrected chi connectivity index (χ0v) is 39.6. The van der Waals surface area contributed by atoms with Crippen LogP contribution >= 0.6 is 0 Å². The number of para-hydroxylation sites is 3. The van der Waals surface area contributed by atoms with Crippen LogP contribution in [-0.4, -0.2) is 22.6 Å². The summed E-state index contributed by atoms with van der Waals surface area (Å²) in [6.45, 7) is 10.1. The van der Waals surface area contributed by atoms with Gasteiger partial charge in [0, 0.05) is 49.8 Å². The minimum Gasteiger partial charge on any atom is -0.501 e. The topological polar surface area (TPSA) is 43.9 Å². The molecule has 7 aromatic carbocycles. The maximum Gasteiger partial charge on any atom is 0.120 e. The summed E-state index contributed by atoms with van der Waals surface area (Å²) in [6.07, 6.45) is 0.269. The predicted molar refractivity (Wildman–Crippen MR) is 263 cm³/mol. The smallest absolute Gasteiger partial charge is 0.120 e. The first kappa shape index (κ1) is 37.4. The average molecular weight is 1020 g/mol. The number of benzene rings is 7. The van der Waals surface area contributed by atoms with Crippen LogP contribution in [0.15, 0.2) is 174 Å². The Hall–Kier alpha value is -6.17. The summed E-state index contributed by atoms with van der Waals surface area (Å²) in [5, 5.41) is 3.16. The second kappa shape index (κ2) is 17.9. The largest absolute Gasteiger partial charge is 0.501 e. The fraction of sp³-hybridized carbons (Fsp3) is 0.158. The first-order valence-corrected chi connectivity index (χ1v) is 24.5. The molecule has 0 aliphatic rings. The van der Waals surface area contributed by atoms with Gasteiger partial charge >= 0.3 is 0 Å². The van der Waals surface area contributed by atoms with E-state index in [0.717, 1.165) is 66.4 Å². The number of hydrogen-bond donors (Lipinski definition) is 0. The molecule has 0 atom stereocenters. The van der Waals surface area contributed by atoms with Crippen molar-refractivity contribution in [3.8, 4) is 50.6 Å². The van der Waals surface area contributed by atoms with E-state index in [1.807, 2.05) is 57.2 Å². The van der Waals surface area contributed by atoms with E-state index in [1.54, 1.807) is 18.3 Å². The minimum atomic E-state index is -2.17. The van der Waals surface area contributed by atoms with Crippen molar-refractivity contribution < 1.29 is 31.4 Å². The second-order valence-electron chi connectivity index (χ2n) is 17.6. The van der Waals surface area contributed by atoms with Crippen LogP contribution in [0.5, 0.6) is 0 Å². The van der Waals surface area contributed by atoms with Crippen LogP contribution in [0, 0.1) is 24.4 Å². The van der Waals surface area contributed by atoms with Crippen LogP contribution < -0.4 is 5.19 Å². The quantitative estimate of drug-likeness (QED) is 0.118. The monoisotopic (exact) mass is 1020 g/mol. The van der Waals surface area contributed by atoms with Crippen LogP contribution in [0.25, 0.3) is 83.6 Å². The molecule has 315 valence electrons. The third-order valence-electron chi connectivity index (χ3n) is 10.9. The van der Waals surface area contributed by atoms with E-state index in [2.05, 4.69) is 151 Å². The molecule has 0 aliphatic carbocycles. The van der Waals surface area contributed by atoms with Crippen molar-refractivity contribution in [2.24, 2.45) is 5.41 Å². The number of rotatable bonds is 7. The number of imidazole rings is 1. The molecule has 3 aromatic heterocycles. The number of pyridine rings is 1. The van der Waals surface area contributed by atoms with Gasteiger partial charge in [-0.1, -0.05) is 167 Å². The summed E-state index contributed by atoms with van der Waals surface area (Å²) in [7, 11) is -1.81. The Labute approximate surface area is 393 Å². The number of aryl methyl sites for hydroxylation is 1. The Morgan fingerprint density at radius 3 is 2.16 bits per heavy atom. The van der Waals surface area contributed by atoms with Crippen molar-refractivity contribution in [1.82, 2.24) is 14.5 Å². The van der Waals surface area contributed by atoms with E-state index in [0.29, 0.717) is 16.8 Å². The van der Waals surface area contributed by atoms with Crippen molar-refractivity contribution in [2.75, 3.05) is 0 Å². The van der Waals surface area contributed by atoms with E-state index in [-0.39, 0.29) is 25.7 Å². The third kappa shape index (κ3) is 9.17. The molecule has 0 N–H and O–H groups in total. The zero-order valence-electron chi connectivity index (χ0n) is 41.2. The van der Waals surface area contributed by atoms with E-state index in [1.165, 1.54) is 17.2 Å². The Morgan fingerprint density at radius 2 is 1.44 bits per heavy atom. The van der Waals surface area contributed by atoms with E-state index in [9.17, 15) is 0 Å². The molecule has 0 bridgehead atoms. The Bertz CT molecular complexity index is 3390. The molecule has 0 saturated heterocycles. The Kier molecular flexibility index (Phi) is 10.6. The van der Waals surface area contributed by atoms with Gasteiger partial charge in [0.1, 0.15) is 5.58 Å². The summed E-state index contributed by atoms with van der Waals surface area (Å²) >= 11 is 0. The molecule has 0 unspecified atom stereocenters. The van der Waals surface area contributed by atoms with Crippen molar-refractivity contribution in [3.05, 3.63) is 193 Å². The standard InChI is InChI=1S/C37H23N2O.C20H28NSi.Ir/c1-3-12-25(13-4-1)27-22-23-33(31(24-27)26-14-5-2-6-15-26)39-34-20-9-8-19-32(34)38-37(39)30-18-11-17-29-28-16-7-10-21-35(28)40-36(29)30;1-15-8-10-16(11-9-15)18-12-17(13-20(2,3)4)19(14-21-18)22(5,6)7;/h1-17,19-24H;8-10,12,14H,13H2,1-7H3;/q2*-1;/i;1D3,13D2;. The average Bonchev–Trinajstić information content (AvgIpc) is 3.90. The van der Waals surface area contributed by atoms with Gasteiger partial charge in [-0.05, 0) is 69.7 Å². The molecular formula is C57H51IrN3OSi-2. The van der Waals surface area contributed by atoms with Gasteiger partial charge in [-0.15, -0.1) is 53.6 Å². The second-order valence-corrected chi connectivity index (χ2v) is 22.7. The SMILES string of the molecule is [2H]C([2H])([2H])c1c[c-]c(-c2cc(C([2H])([2H])C(C)(C)C)c([Si](C)(C)C)cn2)cc1.[Ir].[c-]1ccc2c(oc3ccccc32)c1-c1nc2ccccc2n1-c1ccc(-c2ccccc2)cc1-c1ccccc1. The molecule has 10 rings (SSSR count). The zero-order chi connectivity index (χ0) is 47.3. The molecule has 63 heavy (non-hydrogen) atoms. The van der Waals surface area contributed by atoms with Gasteiger partial charge in [0.05, 0.1) is 30.5 Å². The van der Waals surface area contributed by atoms with Crippen molar-refractivity contribution in [1.29, 1.82) is 0 Å². The van der Waals surface area contributed by atoms with Gasteiger partial charge in [0.25, 0.3) is 0 Å². The summed E-state index contributed by atoms with van der Waals surface area (Å²) in [5.41, 5.74) is 11.7. The normalized spacial score (nSPS) is 13.3. The molecule has 10 aromatic rings. The van der Waals surface area contributed by atoms with Crippen LogP contribution in [0.2, 0.25) is 19.6 Å². The van der Waals surface area contributed by atoms with E-state index in [4.69, 9.17) is 16.3 Å². The van der Waals surface area contributed by atoms with Crippen LogP contribution in [-0.2, 0) is 26.5 Å². The fourth-order valence-electron chi connectivity index (χ4n) is 7.98. The molecule has 1 radical (unpaired) electrons. The molecule has 3 heterocycles. The molecule has 6 heteroatoms. The number of aromatic nitrogens is 3. The number of furan rings is 1. The molecule has 0 amide bonds. The summed E-state index contributed by atoms with van der Waals surface area (Å²) in [6, 6.07) is 61.3. The van der Waals surface area contributed by atoms with Crippen molar-refractivity contribution in [2.45, 2.75) is 53.6 Å². The van der Waals surface area contributed by atoms with Crippen molar-refractivity contribution in [3.63, 3.8) is 0 Å². The van der Waals surface area contributed by atoms with Crippen molar-refractivity contribution >= 4 is 46.2 Å². The van der Waals surface area contributed by atoms with E-state index >= 15 is 0 Å². The van der Waals surface area contributed by atoms with Gasteiger partial charge in [0.2, 0.25) is 0 Å². The van der Waals surface area contributed by atoms with Gasteiger partial charge in [0.15, 0.2) is 0 Å². The Morgan fingerprint density at radius 1 is 0.730 bits per heavy atom. The maximum absolute atomic E-state index is 8.79. The van der Waals surface area contributed by atoms with Crippen LogP contribution in [0.1, 0.15) is 38.8 Å². The molecule has 0 aliphatic heterocycles. The summed E-state index contributed by atoms with van der Waals surface area (Å²) in [5.74, 6) is 0.801. The molecule has 4 nitrogen and oxygen atoms in total. The minimum absolute atomic E-state index is 0. The molecule has 0 spiro atoms. The van der Waals surface area contributed by atoms with E-state index < -0.39 is 26.7 Å². The maximum atomic E-state index is 8.79. The summed E-state index contributed by atoms with van der Waals surface area (Å²) in [4.78, 5) is 9.73. The van der Waals surface area contributed by atoms with Gasteiger partial charge in [-0.3, -0.25) is 4.98 Å². The first-order valence-electron chi connectivity index (χ1n) is 23.5. The fourth-order valence-corrected chi connectivity index (χ4v) is 9.37. The first-order chi connectivity index (χ1) is 31.9. The van der Waals surface area contributed by atoms with Gasteiger partial charge in [-0.2, -0.15) is 0 Å². The molecule has 0 saturated carbocycles.